The summed E-state index contributed by atoms with van der Waals surface area (Å²) in [5.74, 6) is 0.931. The third-order valence-electron chi connectivity index (χ3n) is 4.20. The standard InChI is InChI=1S/C15H22ClN3O2/c1-18-2-3-19(14(6-17)8-18)7-11-4-13(16)5-12-9-20-10-21-15(11)12/h4-5,14H,2-3,6-10,17H2,1H3. The lowest BCUT2D eigenvalue weighted by Gasteiger charge is -2.40. The van der Waals surface area contributed by atoms with Gasteiger partial charge in [0.2, 0.25) is 0 Å². The molecule has 2 heterocycles. The summed E-state index contributed by atoms with van der Waals surface area (Å²) in [4.78, 5) is 4.75. The maximum Gasteiger partial charge on any atom is 0.189 e. The molecule has 1 aromatic carbocycles. The molecule has 0 aromatic heterocycles. The molecule has 0 saturated carbocycles. The van der Waals surface area contributed by atoms with Crippen molar-refractivity contribution < 1.29 is 9.47 Å². The van der Waals surface area contributed by atoms with Crippen LogP contribution in [0.15, 0.2) is 12.1 Å². The van der Waals surface area contributed by atoms with E-state index in [4.69, 9.17) is 26.8 Å². The van der Waals surface area contributed by atoms with Gasteiger partial charge in [0.25, 0.3) is 0 Å². The quantitative estimate of drug-likeness (QED) is 0.911. The van der Waals surface area contributed by atoms with Gasteiger partial charge in [-0.15, -0.1) is 0 Å². The predicted molar refractivity (Wildman–Crippen MR) is 82.5 cm³/mol. The molecule has 5 nitrogen and oxygen atoms in total. The summed E-state index contributed by atoms with van der Waals surface area (Å²) in [6, 6.07) is 4.29. The number of nitrogens with zero attached hydrogens (tertiary/aromatic N) is 2. The van der Waals surface area contributed by atoms with E-state index in [2.05, 4.69) is 16.8 Å². The third kappa shape index (κ3) is 3.33. The molecule has 2 N–H and O–H groups in total. The Bertz CT molecular complexity index is 512. The first-order valence-corrected chi connectivity index (χ1v) is 7.69. The van der Waals surface area contributed by atoms with E-state index < -0.39 is 0 Å². The first-order valence-electron chi connectivity index (χ1n) is 7.32. The lowest BCUT2D eigenvalue weighted by atomic mass is 10.1. The molecule has 0 bridgehead atoms. The first kappa shape index (κ1) is 15.1. The van der Waals surface area contributed by atoms with Crippen LogP contribution in [0, 0.1) is 0 Å². The number of likely N-dealkylation sites (N-methyl/N-ethyl adjacent to an activating group) is 1. The Morgan fingerprint density at radius 1 is 1.38 bits per heavy atom. The van der Waals surface area contributed by atoms with Crippen molar-refractivity contribution in [3.8, 4) is 5.75 Å². The molecule has 2 aliphatic heterocycles. The van der Waals surface area contributed by atoms with Gasteiger partial charge in [0.1, 0.15) is 5.75 Å². The molecule has 1 unspecified atom stereocenters. The molecular weight excluding hydrogens is 290 g/mol. The van der Waals surface area contributed by atoms with Gasteiger partial charge >= 0.3 is 0 Å². The molecule has 1 saturated heterocycles. The van der Waals surface area contributed by atoms with E-state index in [0.717, 1.165) is 48.1 Å². The molecule has 3 rings (SSSR count). The largest absolute Gasteiger partial charge is 0.467 e. The van der Waals surface area contributed by atoms with Crippen molar-refractivity contribution in [2.45, 2.75) is 19.2 Å². The van der Waals surface area contributed by atoms with E-state index in [0.29, 0.717) is 26.0 Å². The number of benzene rings is 1. The number of halogens is 1. The van der Waals surface area contributed by atoms with Crippen molar-refractivity contribution in [3.05, 3.63) is 28.3 Å². The van der Waals surface area contributed by atoms with Gasteiger partial charge < -0.3 is 20.1 Å². The highest BCUT2D eigenvalue weighted by Crippen LogP contribution is 2.33. The van der Waals surface area contributed by atoms with Gasteiger partial charge in [-0.25, -0.2) is 0 Å². The third-order valence-corrected chi connectivity index (χ3v) is 4.42. The summed E-state index contributed by atoms with van der Waals surface area (Å²) < 4.78 is 11.0. The Hall–Kier alpha value is -0.850. The highest BCUT2D eigenvalue weighted by atomic mass is 35.5. The number of hydrogen-bond acceptors (Lipinski definition) is 5. The van der Waals surface area contributed by atoms with Crippen molar-refractivity contribution in [1.29, 1.82) is 0 Å². The maximum atomic E-state index is 6.23. The van der Waals surface area contributed by atoms with Crippen LogP contribution >= 0.6 is 11.6 Å². The van der Waals surface area contributed by atoms with Crippen molar-refractivity contribution in [2.75, 3.05) is 40.0 Å². The number of rotatable bonds is 3. The second kappa shape index (κ2) is 6.50. The molecular formula is C15H22ClN3O2. The van der Waals surface area contributed by atoms with Gasteiger partial charge in [0.15, 0.2) is 6.79 Å². The summed E-state index contributed by atoms with van der Waals surface area (Å²) in [5, 5.41) is 0.733. The average molecular weight is 312 g/mol. The van der Waals surface area contributed by atoms with Gasteiger partial charge in [-0.2, -0.15) is 0 Å². The molecule has 6 heteroatoms. The number of piperazine rings is 1. The number of hydrogen-bond donors (Lipinski definition) is 1. The Morgan fingerprint density at radius 2 is 2.24 bits per heavy atom. The van der Waals surface area contributed by atoms with Crippen molar-refractivity contribution in [3.63, 3.8) is 0 Å². The van der Waals surface area contributed by atoms with Crippen LogP contribution in [-0.2, 0) is 17.9 Å². The van der Waals surface area contributed by atoms with Gasteiger partial charge in [-0.3, -0.25) is 4.90 Å². The number of ether oxygens (including phenoxy) is 2. The van der Waals surface area contributed by atoms with Crippen LogP contribution in [0.3, 0.4) is 0 Å². The molecule has 1 fully saturated rings. The maximum absolute atomic E-state index is 6.23. The van der Waals surface area contributed by atoms with Gasteiger partial charge in [-0.05, 0) is 19.2 Å². The van der Waals surface area contributed by atoms with E-state index in [9.17, 15) is 0 Å². The van der Waals surface area contributed by atoms with E-state index in [1.807, 2.05) is 12.1 Å². The lowest BCUT2D eigenvalue weighted by Crippen LogP contribution is -2.54. The van der Waals surface area contributed by atoms with Gasteiger partial charge in [0, 0.05) is 54.9 Å². The molecule has 116 valence electrons. The Labute approximate surface area is 130 Å². The fraction of sp³-hybridized carbons (Fsp3) is 0.600. The normalized spacial score (nSPS) is 23.7. The monoisotopic (exact) mass is 311 g/mol. The number of fused-ring (bicyclic) bond motifs is 1. The smallest absolute Gasteiger partial charge is 0.189 e. The summed E-state index contributed by atoms with van der Waals surface area (Å²) in [6.45, 7) is 5.43. The fourth-order valence-corrected chi connectivity index (χ4v) is 3.34. The van der Waals surface area contributed by atoms with E-state index >= 15 is 0 Å². The van der Waals surface area contributed by atoms with Gasteiger partial charge in [0.05, 0.1) is 6.61 Å². The van der Waals surface area contributed by atoms with Crippen LogP contribution < -0.4 is 10.5 Å². The Balaban J connectivity index is 1.82. The summed E-state index contributed by atoms with van der Waals surface area (Å²) in [6.07, 6.45) is 0. The van der Waals surface area contributed by atoms with Crippen molar-refractivity contribution in [1.82, 2.24) is 9.80 Å². The second-order valence-electron chi connectivity index (χ2n) is 5.79. The molecule has 1 atom stereocenters. The molecule has 0 aliphatic carbocycles. The molecule has 0 amide bonds. The minimum atomic E-state index is 0.310. The van der Waals surface area contributed by atoms with E-state index in [1.165, 1.54) is 0 Å². The molecule has 21 heavy (non-hydrogen) atoms. The summed E-state index contributed by atoms with van der Waals surface area (Å²) >= 11 is 6.23. The fourth-order valence-electron chi connectivity index (χ4n) is 3.07. The van der Waals surface area contributed by atoms with Gasteiger partial charge in [-0.1, -0.05) is 11.6 Å². The van der Waals surface area contributed by atoms with Crippen LogP contribution in [0.1, 0.15) is 11.1 Å². The van der Waals surface area contributed by atoms with Crippen molar-refractivity contribution in [2.24, 2.45) is 5.73 Å². The minimum Gasteiger partial charge on any atom is -0.467 e. The molecule has 0 radical (unpaired) electrons. The highest BCUT2D eigenvalue weighted by Gasteiger charge is 2.26. The van der Waals surface area contributed by atoms with Crippen LogP contribution in [-0.4, -0.2) is 55.9 Å². The van der Waals surface area contributed by atoms with Crippen LogP contribution in [0.25, 0.3) is 0 Å². The molecule has 2 aliphatic rings. The Kier molecular flexibility index (Phi) is 4.66. The molecule has 1 aromatic rings. The van der Waals surface area contributed by atoms with Crippen LogP contribution in [0.5, 0.6) is 5.75 Å². The summed E-state index contributed by atoms with van der Waals surface area (Å²) in [7, 11) is 2.14. The zero-order chi connectivity index (χ0) is 14.8. The number of nitrogens with two attached hydrogens (primary N) is 1. The second-order valence-corrected chi connectivity index (χ2v) is 6.22. The first-order chi connectivity index (χ1) is 10.2. The summed E-state index contributed by atoms with van der Waals surface area (Å²) in [5.41, 5.74) is 8.09. The lowest BCUT2D eigenvalue weighted by molar-refractivity contribution is -0.0179. The topological polar surface area (TPSA) is 51.0 Å². The van der Waals surface area contributed by atoms with Crippen molar-refractivity contribution >= 4 is 11.6 Å². The van der Waals surface area contributed by atoms with E-state index in [-0.39, 0.29) is 0 Å². The van der Waals surface area contributed by atoms with Crippen LogP contribution in [0.2, 0.25) is 5.02 Å². The minimum absolute atomic E-state index is 0.310. The van der Waals surface area contributed by atoms with Crippen LogP contribution in [0.4, 0.5) is 0 Å². The molecule has 0 spiro atoms. The predicted octanol–water partition coefficient (Wildman–Crippen LogP) is 1.28. The zero-order valence-electron chi connectivity index (χ0n) is 12.3. The van der Waals surface area contributed by atoms with E-state index in [1.54, 1.807) is 0 Å². The highest BCUT2D eigenvalue weighted by molar-refractivity contribution is 6.30. The average Bonchev–Trinajstić information content (AvgIpc) is 2.48. The Morgan fingerprint density at radius 3 is 3.05 bits per heavy atom. The zero-order valence-corrected chi connectivity index (χ0v) is 13.1. The SMILES string of the molecule is CN1CCN(Cc2cc(Cl)cc3c2OCOC3)C(CN)C1.